The fraction of sp³-hybridized carbons (Fsp3) is 0.571. The first-order valence-electron chi connectivity index (χ1n) is 6.29. The summed E-state index contributed by atoms with van der Waals surface area (Å²) in [6.07, 6.45) is 2.02. The predicted octanol–water partition coefficient (Wildman–Crippen LogP) is 2.75. The van der Waals surface area contributed by atoms with Gasteiger partial charge in [0, 0.05) is 13.1 Å². The van der Waals surface area contributed by atoms with E-state index >= 15 is 0 Å². The van der Waals surface area contributed by atoms with Crippen molar-refractivity contribution in [2.24, 2.45) is 0 Å². The minimum absolute atomic E-state index is 0.149. The maximum Gasteiger partial charge on any atom is 0.126 e. The molecule has 0 aromatic heterocycles. The number of benzene rings is 1. The van der Waals surface area contributed by atoms with Crippen molar-refractivity contribution in [1.82, 2.24) is 5.32 Å². The van der Waals surface area contributed by atoms with Gasteiger partial charge in [-0.1, -0.05) is 25.5 Å². The highest BCUT2D eigenvalue weighted by Gasteiger charge is 2.34. The smallest absolute Gasteiger partial charge is 0.126 e. The van der Waals surface area contributed by atoms with Gasteiger partial charge in [0.2, 0.25) is 0 Å². The largest absolute Gasteiger partial charge is 0.368 e. The van der Waals surface area contributed by atoms with Crippen LogP contribution in [0.1, 0.15) is 30.9 Å². The van der Waals surface area contributed by atoms with Crippen LogP contribution in [0.2, 0.25) is 0 Å². The number of nitrogens with one attached hydrogen (secondary N) is 1. The lowest BCUT2D eigenvalue weighted by Crippen LogP contribution is -2.47. The van der Waals surface area contributed by atoms with E-state index in [9.17, 15) is 4.39 Å². The fourth-order valence-electron chi connectivity index (χ4n) is 2.48. The van der Waals surface area contributed by atoms with Crippen LogP contribution < -0.4 is 5.32 Å². The van der Waals surface area contributed by atoms with Crippen LogP contribution in [0.4, 0.5) is 4.39 Å². The molecule has 1 unspecified atom stereocenters. The first kappa shape index (κ1) is 12.5. The van der Waals surface area contributed by atoms with E-state index in [0.717, 1.165) is 38.1 Å². The van der Waals surface area contributed by atoms with Crippen molar-refractivity contribution in [3.63, 3.8) is 0 Å². The maximum atomic E-state index is 13.3. The van der Waals surface area contributed by atoms with Gasteiger partial charge in [-0.3, -0.25) is 0 Å². The van der Waals surface area contributed by atoms with E-state index in [1.807, 2.05) is 12.1 Å². The molecule has 0 amide bonds. The van der Waals surface area contributed by atoms with Crippen LogP contribution in [-0.4, -0.2) is 19.7 Å². The first-order valence-corrected chi connectivity index (χ1v) is 6.29. The van der Waals surface area contributed by atoms with Gasteiger partial charge in [-0.05, 0) is 30.5 Å². The van der Waals surface area contributed by atoms with E-state index in [1.165, 1.54) is 0 Å². The third-order valence-corrected chi connectivity index (χ3v) is 3.41. The number of ether oxygens (including phenoxy) is 1. The zero-order chi connectivity index (χ0) is 12.3. The van der Waals surface area contributed by atoms with Crippen LogP contribution in [0.3, 0.4) is 0 Å². The van der Waals surface area contributed by atoms with Crippen LogP contribution in [-0.2, 0) is 10.3 Å². The molecule has 94 valence electrons. The predicted molar refractivity (Wildman–Crippen MR) is 66.5 cm³/mol. The molecule has 1 aliphatic rings. The molecule has 0 saturated carbocycles. The average molecular weight is 237 g/mol. The van der Waals surface area contributed by atoms with Crippen molar-refractivity contribution in [3.05, 3.63) is 35.1 Å². The van der Waals surface area contributed by atoms with Crippen LogP contribution in [0, 0.1) is 12.7 Å². The molecule has 1 heterocycles. The van der Waals surface area contributed by atoms with Gasteiger partial charge in [-0.15, -0.1) is 0 Å². The molecule has 1 aromatic carbocycles. The van der Waals surface area contributed by atoms with Crippen molar-refractivity contribution < 1.29 is 9.13 Å². The van der Waals surface area contributed by atoms with Crippen LogP contribution in [0.15, 0.2) is 18.2 Å². The Kier molecular flexibility index (Phi) is 3.79. The number of hydrogen-bond donors (Lipinski definition) is 1. The Labute approximate surface area is 102 Å². The molecular weight excluding hydrogens is 217 g/mol. The summed E-state index contributed by atoms with van der Waals surface area (Å²) in [6.45, 7) is 6.37. The zero-order valence-corrected chi connectivity index (χ0v) is 10.6. The lowest BCUT2D eigenvalue weighted by molar-refractivity contribution is -0.0772. The summed E-state index contributed by atoms with van der Waals surface area (Å²) in [7, 11) is 0. The molecule has 1 fully saturated rings. The molecule has 1 saturated heterocycles. The van der Waals surface area contributed by atoms with Crippen LogP contribution in [0.25, 0.3) is 0 Å². The molecule has 1 aliphatic heterocycles. The van der Waals surface area contributed by atoms with E-state index in [0.29, 0.717) is 5.56 Å². The zero-order valence-electron chi connectivity index (χ0n) is 10.6. The van der Waals surface area contributed by atoms with Gasteiger partial charge in [0.05, 0.1) is 6.61 Å². The van der Waals surface area contributed by atoms with Gasteiger partial charge in [-0.25, -0.2) is 4.39 Å². The average Bonchev–Trinajstić information content (AvgIpc) is 2.34. The molecule has 1 atom stereocenters. The minimum atomic E-state index is -0.272. The molecular formula is C14H20FNO. The lowest BCUT2D eigenvalue weighted by atomic mass is 9.87. The van der Waals surface area contributed by atoms with Crippen LogP contribution >= 0.6 is 0 Å². The topological polar surface area (TPSA) is 21.3 Å². The summed E-state index contributed by atoms with van der Waals surface area (Å²) >= 11 is 0. The highest BCUT2D eigenvalue weighted by Crippen LogP contribution is 2.32. The quantitative estimate of drug-likeness (QED) is 0.872. The van der Waals surface area contributed by atoms with Gasteiger partial charge >= 0.3 is 0 Å². The van der Waals surface area contributed by atoms with E-state index < -0.39 is 0 Å². The Morgan fingerprint density at radius 1 is 1.47 bits per heavy atom. The highest BCUT2D eigenvalue weighted by atomic mass is 19.1. The van der Waals surface area contributed by atoms with E-state index in [2.05, 4.69) is 12.2 Å². The summed E-state index contributed by atoms with van der Waals surface area (Å²) in [5, 5.41) is 3.37. The second-order valence-corrected chi connectivity index (χ2v) is 4.73. The Balaban J connectivity index is 2.34. The lowest BCUT2D eigenvalue weighted by Gasteiger charge is -2.38. The van der Waals surface area contributed by atoms with Gasteiger partial charge in [0.15, 0.2) is 0 Å². The molecule has 0 radical (unpaired) electrons. The Morgan fingerprint density at radius 3 is 2.88 bits per heavy atom. The SMILES string of the molecule is CCCC1(c2ccc(F)c(C)c2)CNCCO1. The van der Waals surface area contributed by atoms with E-state index in [4.69, 9.17) is 4.74 Å². The standard InChI is InChI=1S/C14H20FNO/c1-3-6-14(10-16-7-8-17-14)12-4-5-13(15)11(2)9-12/h4-5,9,16H,3,6-8,10H2,1-2H3. The first-order chi connectivity index (χ1) is 8.18. The van der Waals surface area contributed by atoms with Gasteiger partial charge in [-0.2, -0.15) is 0 Å². The molecule has 1 aromatic rings. The molecule has 1 N–H and O–H groups in total. The normalized spacial score (nSPS) is 24.9. The number of morpholine rings is 1. The van der Waals surface area contributed by atoms with Gasteiger partial charge in [0.1, 0.15) is 11.4 Å². The fourth-order valence-corrected chi connectivity index (χ4v) is 2.48. The summed E-state index contributed by atoms with van der Waals surface area (Å²) in [4.78, 5) is 0. The van der Waals surface area contributed by atoms with Crippen LogP contribution in [0.5, 0.6) is 0 Å². The Morgan fingerprint density at radius 2 is 2.29 bits per heavy atom. The summed E-state index contributed by atoms with van der Waals surface area (Å²) < 4.78 is 19.3. The van der Waals surface area contributed by atoms with Crippen molar-refractivity contribution in [2.45, 2.75) is 32.3 Å². The van der Waals surface area contributed by atoms with Crippen molar-refractivity contribution >= 4 is 0 Å². The summed E-state index contributed by atoms with van der Waals surface area (Å²) in [5.41, 5.74) is 1.50. The monoisotopic (exact) mass is 237 g/mol. The molecule has 2 rings (SSSR count). The van der Waals surface area contributed by atoms with Gasteiger partial charge < -0.3 is 10.1 Å². The van der Waals surface area contributed by atoms with Gasteiger partial charge in [0.25, 0.3) is 0 Å². The summed E-state index contributed by atoms with van der Waals surface area (Å²) in [6, 6.07) is 5.31. The Hall–Kier alpha value is -0.930. The second kappa shape index (κ2) is 5.15. The highest BCUT2D eigenvalue weighted by molar-refractivity contribution is 5.29. The summed E-state index contributed by atoms with van der Waals surface area (Å²) in [5.74, 6) is -0.149. The molecule has 0 spiro atoms. The number of rotatable bonds is 3. The molecule has 0 aliphatic carbocycles. The van der Waals surface area contributed by atoms with Crippen molar-refractivity contribution in [1.29, 1.82) is 0 Å². The minimum Gasteiger partial charge on any atom is -0.368 e. The third-order valence-electron chi connectivity index (χ3n) is 3.41. The van der Waals surface area contributed by atoms with Crippen molar-refractivity contribution in [2.75, 3.05) is 19.7 Å². The molecule has 2 nitrogen and oxygen atoms in total. The molecule has 3 heteroatoms. The van der Waals surface area contributed by atoms with Crippen molar-refractivity contribution in [3.8, 4) is 0 Å². The second-order valence-electron chi connectivity index (χ2n) is 4.73. The maximum absolute atomic E-state index is 13.3. The molecule has 0 bridgehead atoms. The number of halogens is 1. The van der Waals surface area contributed by atoms with E-state index in [-0.39, 0.29) is 11.4 Å². The third kappa shape index (κ3) is 2.50. The number of aryl methyl sites for hydroxylation is 1. The Bertz CT molecular complexity index is 380. The van der Waals surface area contributed by atoms with E-state index in [1.54, 1.807) is 13.0 Å². The molecule has 17 heavy (non-hydrogen) atoms. The number of hydrogen-bond acceptors (Lipinski definition) is 2.